The molecule has 34 heavy (non-hydrogen) atoms. The number of carbonyl (C=O) groups excluding carboxylic acids is 2. The van der Waals surface area contributed by atoms with Gasteiger partial charge >= 0.3 is 0 Å². The lowest BCUT2D eigenvalue weighted by atomic mass is 9.95. The van der Waals surface area contributed by atoms with Crippen molar-refractivity contribution in [2.24, 2.45) is 0 Å². The first-order valence-electron chi connectivity index (χ1n) is 11.7. The Labute approximate surface area is 204 Å². The fourth-order valence-electron chi connectivity index (χ4n) is 4.19. The van der Waals surface area contributed by atoms with Crippen LogP contribution in [-0.2, 0) is 11.2 Å². The zero-order valence-electron chi connectivity index (χ0n) is 19.3. The van der Waals surface area contributed by atoms with Gasteiger partial charge in [0, 0.05) is 6.54 Å². The normalized spacial score (nSPS) is 15.7. The van der Waals surface area contributed by atoms with Crippen LogP contribution in [-0.4, -0.2) is 34.8 Å². The third-order valence-electron chi connectivity index (χ3n) is 5.99. The maximum absolute atomic E-state index is 13.3. The second kappa shape index (κ2) is 11.2. The molecule has 1 amide bonds. The highest BCUT2D eigenvalue weighted by molar-refractivity contribution is 7.12. The van der Waals surface area contributed by atoms with Gasteiger partial charge in [-0.25, -0.2) is 0 Å². The molecule has 4 rings (SSSR count). The zero-order valence-corrected chi connectivity index (χ0v) is 20.1. The summed E-state index contributed by atoms with van der Waals surface area (Å²) >= 11 is 1.30. The Morgan fingerprint density at radius 1 is 1.03 bits per heavy atom. The molecule has 5 nitrogen and oxygen atoms in total. The van der Waals surface area contributed by atoms with Crippen LogP contribution >= 0.6 is 11.3 Å². The topological polar surface area (TPSA) is 66.8 Å². The number of aliphatic hydroxyl groups is 1. The van der Waals surface area contributed by atoms with E-state index in [4.69, 9.17) is 4.74 Å². The summed E-state index contributed by atoms with van der Waals surface area (Å²) in [4.78, 5) is 28.5. The van der Waals surface area contributed by atoms with Gasteiger partial charge in [0.15, 0.2) is 5.76 Å². The van der Waals surface area contributed by atoms with E-state index in [1.165, 1.54) is 11.3 Å². The van der Waals surface area contributed by atoms with Gasteiger partial charge in [-0.05, 0) is 47.5 Å². The highest BCUT2D eigenvalue weighted by Gasteiger charge is 2.43. The first-order valence-corrected chi connectivity index (χ1v) is 12.6. The number of thiophene rings is 1. The van der Waals surface area contributed by atoms with Gasteiger partial charge < -0.3 is 14.7 Å². The lowest BCUT2D eigenvalue weighted by Crippen LogP contribution is -2.33. The van der Waals surface area contributed by atoms with Gasteiger partial charge in [0.05, 0.1) is 23.1 Å². The van der Waals surface area contributed by atoms with Crippen LogP contribution in [0.3, 0.4) is 0 Å². The van der Waals surface area contributed by atoms with E-state index >= 15 is 0 Å². The Morgan fingerprint density at radius 2 is 1.79 bits per heavy atom. The van der Waals surface area contributed by atoms with Gasteiger partial charge in [-0.15, -0.1) is 11.3 Å². The van der Waals surface area contributed by atoms with Crippen LogP contribution in [0.2, 0.25) is 0 Å². The largest absolute Gasteiger partial charge is 0.503 e. The monoisotopic (exact) mass is 475 g/mol. The zero-order chi connectivity index (χ0) is 23.9. The molecule has 176 valence electrons. The van der Waals surface area contributed by atoms with Crippen LogP contribution in [0.15, 0.2) is 83.4 Å². The molecule has 0 spiro atoms. The number of benzene rings is 2. The van der Waals surface area contributed by atoms with Crippen molar-refractivity contribution in [3.8, 4) is 5.75 Å². The van der Waals surface area contributed by atoms with Gasteiger partial charge in [-0.1, -0.05) is 68.3 Å². The quantitative estimate of drug-likeness (QED) is 0.267. The van der Waals surface area contributed by atoms with Crippen molar-refractivity contribution in [2.75, 3.05) is 13.2 Å². The summed E-state index contributed by atoms with van der Waals surface area (Å²) in [5.41, 5.74) is 1.99. The molecule has 1 aromatic heterocycles. The molecular weight excluding hydrogens is 446 g/mol. The Hall–Kier alpha value is -3.38. The van der Waals surface area contributed by atoms with E-state index in [0.29, 0.717) is 24.4 Å². The Balaban J connectivity index is 1.61. The number of aliphatic hydroxyl groups excluding tert-OH is 1. The third-order valence-corrected chi connectivity index (χ3v) is 6.86. The van der Waals surface area contributed by atoms with E-state index in [1.807, 2.05) is 60.0 Å². The van der Waals surface area contributed by atoms with E-state index in [2.05, 4.69) is 6.92 Å². The number of unbranched alkanes of at least 4 members (excludes halogenated alkanes) is 2. The van der Waals surface area contributed by atoms with Crippen LogP contribution < -0.4 is 4.74 Å². The maximum Gasteiger partial charge on any atom is 0.290 e. The summed E-state index contributed by atoms with van der Waals surface area (Å²) in [6.07, 6.45) is 3.87. The molecule has 1 N–H and O–H groups in total. The molecule has 0 radical (unpaired) electrons. The minimum Gasteiger partial charge on any atom is -0.503 e. The summed E-state index contributed by atoms with van der Waals surface area (Å²) in [5.74, 6) is -0.538. The maximum atomic E-state index is 13.3. The first kappa shape index (κ1) is 23.8. The number of Topliss-reactive ketones (excluding diaryl/α,β-unsaturated/α-hetero) is 1. The van der Waals surface area contributed by atoms with Crippen molar-refractivity contribution in [1.29, 1.82) is 0 Å². The number of hydrogen-bond acceptors (Lipinski definition) is 5. The molecule has 1 unspecified atom stereocenters. The minimum atomic E-state index is -0.653. The van der Waals surface area contributed by atoms with Crippen LogP contribution in [0.25, 0.3) is 0 Å². The molecule has 1 aliphatic rings. The predicted molar refractivity (Wildman–Crippen MR) is 134 cm³/mol. The molecule has 2 heterocycles. The van der Waals surface area contributed by atoms with Crippen molar-refractivity contribution in [3.63, 3.8) is 0 Å². The van der Waals surface area contributed by atoms with Crippen LogP contribution in [0.5, 0.6) is 5.75 Å². The number of rotatable bonds is 11. The van der Waals surface area contributed by atoms with E-state index in [9.17, 15) is 14.7 Å². The highest BCUT2D eigenvalue weighted by Crippen LogP contribution is 2.40. The van der Waals surface area contributed by atoms with Crippen molar-refractivity contribution in [2.45, 2.75) is 38.6 Å². The molecule has 3 aromatic rings. The summed E-state index contributed by atoms with van der Waals surface area (Å²) in [6.45, 7) is 3.19. The number of hydrogen-bond donors (Lipinski definition) is 1. The summed E-state index contributed by atoms with van der Waals surface area (Å²) < 4.78 is 5.83. The number of ether oxygens (including phenoxy) is 1. The number of amides is 1. The average molecular weight is 476 g/mol. The van der Waals surface area contributed by atoms with E-state index in [0.717, 1.165) is 36.1 Å². The molecule has 0 aliphatic carbocycles. The smallest absolute Gasteiger partial charge is 0.290 e. The van der Waals surface area contributed by atoms with Gasteiger partial charge in [0.2, 0.25) is 5.78 Å². The molecule has 2 aromatic carbocycles. The highest BCUT2D eigenvalue weighted by atomic mass is 32.1. The summed E-state index contributed by atoms with van der Waals surface area (Å²) in [5, 5.41) is 12.6. The lowest BCUT2D eigenvalue weighted by Gasteiger charge is -2.27. The van der Waals surface area contributed by atoms with Crippen molar-refractivity contribution >= 4 is 23.0 Å². The molecule has 0 saturated heterocycles. The summed E-state index contributed by atoms with van der Waals surface area (Å²) in [7, 11) is 0. The Bertz CT molecular complexity index is 1140. The molecule has 0 bridgehead atoms. The van der Waals surface area contributed by atoms with Crippen molar-refractivity contribution in [3.05, 3.63) is 99.4 Å². The molecular formula is C28H29NO4S. The Kier molecular flexibility index (Phi) is 7.80. The number of carbonyl (C=O) groups is 2. The summed E-state index contributed by atoms with van der Waals surface area (Å²) in [6, 6.07) is 20.2. The van der Waals surface area contributed by atoms with Gasteiger partial charge in [0.1, 0.15) is 5.75 Å². The van der Waals surface area contributed by atoms with E-state index in [1.54, 1.807) is 17.0 Å². The van der Waals surface area contributed by atoms with Crippen LogP contribution in [0, 0.1) is 0 Å². The van der Waals surface area contributed by atoms with Crippen molar-refractivity contribution < 1.29 is 19.4 Å². The SMILES string of the molecule is CCCCCOc1ccc(C2C(C(=O)c3cccs3)=C(O)C(=O)N2CCc2ccccc2)cc1. The van der Waals surface area contributed by atoms with Gasteiger partial charge in [-0.3, -0.25) is 9.59 Å². The molecule has 6 heteroatoms. The van der Waals surface area contributed by atoms with Gasteiger partial charge in [0.25, 0.3) is 5.91 Å². The fraction of sp³-hybridized carbons (Fsp3) is 0.286. The standard InChI is InChI=1S/C28H29NO4S/c1-2-3-7-18-33-22-14-12-21(13-15-22)25-24(26(30)23-11-8-19-34-23)27(31)28(32)29(25)17-16-20-9-5-4-6-10-20/h4-6,8-15,19,25,31H,2-3,7,16-18H2,1H3. The number of nitrogens with zero attached hydrogens (tertiary/aromatic N) is 1. The molecule has 1 atom stereocenters. The minimum absolute atomic E-state index is 0.136. The second-order valence-corrected chi connectivity index (χ2v) is 9.28. The van der Waals surface area contributed by atoms with Gasteiger partial charge in [-0.2, -0.15) is 0 Å². The molecule has 0 fully saturated rings. The molecule has 1 aliphatic heterocycles. The number of ketones is 1. The predicted octanol–water partition coefficient (Wildman–Crippen LogP) is 6.14. The molecule has 0 saturated carbocycles. The van der Waals surface area contributed by atoms with E-state index < -0.39 is 17.7 Å². The van der Waals surface area contributed by atoms with Crippen LogP contribution in [0.1, 0.15) is 53.0 Å². The third kappa shape index (κ3) is 5.23. The van der Waals surface area contributed by atoms with Crippen LogP contribution in [0.4, 0.5) is 0 Å². The second-order valence-electron chi connectivity index (χ2n) is 8.33. The first-order chi connectivity index (χ1) is 16.6. The fourth-order valence-corrected chi connectivity index (χ4v) is 4.86. The Morgan fingerprint density at radius 3 is 2.47 bits per heavy atom. The lowest BCUT2D eigenvalue weighted by molar-refractivity contribution is -0.129. The van der Waals surface area contributed by atoms with E-state index in [-0.39, 0.29) is 11.4 Å². The average Bonchev–Trinajstić information content (AvgIpc) is 3.49. The van der Waals surface area contributed by atoms with Crippen molar-refractivity contribution in [1.82, 2.24) is 4.90 Å².